The van der Waals surface area contributed by atoms with Crippen LogP contribution in [0.5, 0.6) is 0 Å². The zero-order valence-electron chi connectivity index (χ0n) is 9.10. The van der Waals surface area contributed by atoms with E-state index in [4.69, 9.17) is 18.0 Å². The van der Waals surface area contributed by atoms with Gasteiger partial charge in [0.1, 0.15) is 12.1 Å². The first kappa shape index (κ1) is 11.8. The molecule has 1 rings (SSSR count). The van der Waals surface area contributed by atoms with Crippen LogP contribution in [0, 0.1) is 6.92 Å². The van der Waals surface area contributed by atoms with Gasteiger partial charge in [0.2, 0.25) is 0 Å². The van der Waals surface area contributed by atoms with Crippen LogP contribution in [0.4, 0.5) is 5.82 Å². The van der Waals surface area contributed by atoms with E-state index in [9.17, 15) is 0 Å². The second-order valence-corrected chi connectivity index (χ2v) is 3.84. The van der Waals surface area contributed by atoms with Crippen molar-refractivity contribution in [3.05, 3.63) is 18.1 Å². The highest BCUT2D eigenvalue weighted by Crippen LogP contribution is 2.10. The Balaban J connectivity index is 2.69. The Kier molecular flexibility index (Phi) is 4.42. The van der Waals surface area contributed by atoms with Crippen LogP contribution >= 0.6 is 12.2 Å². The number of hydrogen-bond acceptors (Lipinski definition) is 4. The van der Waals surface area contributed by atoms with Crippen molar-refractivity contribution in [3.8, 4) is 0 Å². The van der Waals surface area contributed by atoms with E-state index in [0.29, 0.717) is 11.4 Å². The molecule has 82 valence electrons. The molecule has 0 aromatic carbocycles. The number of hydrogen-bond donors (Lipinski definition) is 1. The molecular formula is C10H16N4S. The summed E-state index contributed by atoms with van der Waals surface area (Å²) in [5.41, 5.74) is 6.44. The maximum atomic E-state index is 5.48. The van der Waals surface area contributed by atoms with E-state index in [1.165, 1.54) is 0 Å². The number of aromatic nitrogens is 2. The number of nitrogens with two attached hydrogens (primary N) is 1. The summed E-state index contributed by atoms with van der Waals surface area (Å²) in [6.07, 6.45) is 2.29. The Morgan fingerprint density at radius 2 is 2.27 bits per heavy atom. The first-order valence-electron chi connectivity index (χ1n) is 4.95. The van der Waals surface area contributed by atoms with Gasteiger partial charge in [0.05, 0.1) is 4.99 Å². The van der Waals surface area contributed by atoms with E-state index in [-0.39, 0.29) is 0 Å². The lowest BCUT2D eigenvalue weighted by molar-refractivity contribution is 0.814. The van der Waals surface area contributed by atoms with E-state index in [0.717, 1.165) is 24.6 Å². The van der Waals surface area contributed by atoms with Crippen molar-refractivity contribution in [2.45, 2.75) is 20.3 Å². The van der Waals surface area contributed by atoms with E-state index >= 15 is 0 Å². The minimum atomic E-state index is 0.541. The largest absolute Gasteiger partial charge is 0.393 e. The highest BCUT2D eigenvalue weighted by atomic mass is 32.1. The summed E-state index contributed by atoms with van der Waals surface area (Å²) in [4.78, 5) is 11.0. The summed E-state index contributed by atoms with van der Waals surface area (Å²) >= 11 is 4.86. The first-order valence-corrected chi connectivity index (χ1v) is 5.36. The molecule has 0 spiro atoms. The van der Waals surface area contributed by atoms with Gasteiger partial charge in [0, 0.05) is 31.3 Å². The summed E-state index contributed by atoms with van der Waals surface area (Å²) < 4.78 is 0. The average molecular weight is 224 g/mol. The number of nitrogens with zero attached hydrogens (tertiary/aromatic N) is 3. The van der Waals surface area contributed by atoms with Crippen LogP contribution in [-0.4, -0.2) is 28.0 Å². The number of thiocarbonyl (C=S) groups is 1. The first-order chi connectivity index (χ1) is 7.13. The lowest BCUT2D eigenvalue weighted by atomic mass is 10.3. The van der Waals surface area contributed by atoms with Gasteiger partial charge in [0.25, 0.3) is 0 Å². The SMILES string of the molecule is CCN(CCC(N)=S)c1cc(C)ncn1. The Labute approximate surface area is 95.5 Å². The molecule has 1 aromatic rings. The predicted octanol–water partition coefficient (Wildman–Crippen LogP) is 1.29. The Morgan fingerprint density at radius 1 is 1.53 bits per heavy atom. The van der Waals surface area contributed by atoms with Gasteiger partial charge in [-0.25, -0.2) is 9.97 Å². The molecule has 1 aromatic heterocycles. The fourth-order valence-electron chi connectivity index (χ4n) is 1.29. The second-order valence-electron chi connectivity index (χ2n) is 3.31. The topological polar surface area (TPSA) is 55.0 Å². The molecule has 2 N–H and O–H groups in total. The number of anilines is 1. The molecule has 0 radical (unpaired) electrons. The molecule has 0 amide bonds. The molecule has 5 heteroatoms. The van der Waals surface area contributed by atoms with Gasteiger partial charge < -0.3 is 10.6 Å². The summed E-state index contributed by atoms with van der Waals surface area (Å²) in [6, 6.07) is 1.96. The standard InChI is InChI=1S/C10H16N4S/c1-3-14(5-4-9(11)15)10-6-8(2)12-7-13-10/h6-7H,3-5H2,1-2H3,(H2,11,15). The van der Waals surface area contributed by atoms with Crippen molar-refractivity contribution in [3.63, 3.8) is 0 Å². The maximum absolute atomic E-state index is 5.48. The van der Waals surface area contributed by atoms with Gasteiger partial charge >= 0.3 is 0 Å². The molecule has 4 nitrogen and oxygen atoms in total. The van der Waals surface area contributed by atoms with Crippen molar-refractivity contribution in [1.29, 1.82) is 0 Å². The fraction of sp³-hybridized carbons (Fsp3) is 0.500. The smallest absolute Gasteiger partial charge is 0.132 e. The highest BCUT2D eigenvalue weighted by molar-refractivity contribution is 7.80. The van der Waals surface area contributed by atoms with Crippen molar-refractivity contribution in [1.82, 2.24) is 9.97 Å². The van der Waals surface area contributed by atoms with E-state index in [1.807, 2.05) is 13.0 Å². The van der Waals surface area contributed by atoms with E-state index in [1.54, 1.807) is 6.33 Å². The number of rotatable bonds is 5. The average Bonchev–Trinajstić information content (AvgIpc) is 2.18. The van der Waals surface area contributed by atoms with Gasteiger partial charge in [-0.05, 0) is 13.8 Å². The Hall–Kier alpha value is -1.23. The van der Waals surface area contributed by atoms with Gasteiger partial charge in [-0.3, -0.25) is 0 Å². The van der Waals surface area contributed by atoms with Crippen molar-refractivity contribution < 1.29 is 0 Å². The van der Waals surface area contributed by atoms with Crippen LogP contribution in [0.25, 0.3) is 0 Å². The molecule has 0 aliphatic heterocycles. The zero-order chi connectivity index (χ0) is 11.3. The Bertz CT molecular complexity index is 340. The van der Waals surface area contributed by atoms with E-state index < -0.39 is 0 Å². The van der Waals surface area contributed by atoms with Gasteiger partial charge in [-0.1, -0.05) is 12.2 Å². The third kappa shape index (κ3) is 3.79. The van der Waals surface area contributed by atoms with Crippen LogP contribution in [0.3, 0.4) is 0 Å². The van der Waals surface area contributed by atoms with Gasteiger partial charge in [-0.2, -0.15) is 0 Å². The minimum absolute atomic E-state index is 0.541. The maximum Gasteiger partial charge on any atom is 0.132 e. The lowest BCUT2D eigenvalue weighted by Gasteiger charge is -2.21. The molecule has 0 bridgehead atoms. The summed E-state index contributed by atoms with van der Waals surface area (Å²) in [5, 5.41) is 0. The summed E-state index contributed by atoms with van der Waals surface area (Å²) in [5.74, 6) is 0.932. The molecule has 0 saturated heterocycles. The van der Waals surface area contributed by atoms with Crippen LogP contribution in [0.1, 0.15) is 19.0 Å². The minimum Gasteiger partial charge on any atom is -0.393 e. The molecule has 0 aliphatic rings. The summed E-state index contributed by atoms with van der Waals surface area (Å²) in [6.45, 7) is 5.73. The van der Waals surface area contributed by atoms with Crippen molar-refractivity contribution in [2.75, 3.05) is 18.0 Å². The van der Waals surface area contributed by atoms with E-state index in [2.05, 4.69) is 21.8 Å². The monoisotopic (exact) mass is 224 g/mol. The molecule has 0 saturated carbocycles. The van der Waals surface area contributed by atoms with Crippen molar-refractivity contribution in [2.24, 2.45) is 5.73 Å². The molecule has 0 aliphatic carbocycles. The predicted molar refractivity (Wildman–Crippen MR) is 66.1 cm³/mol. The molecule has 15 heavy (non-hydrogen) atoms. The molecule has 0 atom stereocenters. The highest BCUT2D eigenvalue weighted by Gasteiger charge is 2.06. The molecular weight excluding hydrogens is 208 g/mol. The second kappa shape index (κ2) is 5.60. The third-order valence-corrected chi connectivity index (χ3v) is 2.33. The Morgan fingerprint density at radius 3 is 2.80 bits per heavy atom. The normalized spacial score (nSPS) is 10.0. The van der Waals surface area contributed by atoms with Crippen LogP contribution < -0.4 is 10.6 Å². The van der Waals surface area contributed by atoms with Crippen LogP contribution in [-0.2, 0) is 0 Å². The van der Waals surface area contributed by atoms with Crippen molar-refractivity contribution >= 4 is 23.0 Å². The van der Waals surface area contributed by atoms with Gasteiger partial charge in [-0.15, -0.1) is 0 Å². The van der Waals surface area contributed by atoms with Crippen LogP contribution in [0.2, 0.25) is 0 Å². The molecule has 1 heterocycles. The quantitative estimate of drug-likeness (QED) is 0.764. The summed E-state index contributed by atoms with van der Waals surface area (Å²) in [7, 11) is 0. The van der Waals surface area contributed by atoms with Crippen LogP contribution in [0.15, 0.2) is 12.4 Å². The third-order valence-electron chi connectivity index (χ3n) is 2.12. The molecule has 0 fully saturated rings. The lowest BCUT2D eigenvalue weighted by Crippen LogP contribution is -2.28. The fourth-order valence-corrected chi connectivity index (χ4v) is 1.38. The van der Waals surface area contributed by atoms with Gasteiger partial charge in [0.15, 0.2) is 0 Å². The zero-order valence-corrected chi connectivity index (χ0v) is 9.92. The molecule has 0 unspecified atom stereocenters. The number of aryl methyl sites for hydroxylation is 1.